The van der Waals surface area contributed by atoms with Gasteiger partial charge in [-0.15, -0.1) is 0 Å². The highest BCUT2D eigenvalue weighted by atomic mass is 16.6. The predicted molar refractivity (Wildman–Crippen MR) is 121 cm³/mol. The maximum atomic E-state index is 12.3. The molecule has 1 amide bonds. The fraction of sp³-hybridized carbons (Fsp3) is 0.269. The van der Waals surface area contributed by atoms with E-state index in [2.05, 4.69) is 71.7 Å². The largest absolute Gasteiger partial charge is 0.412 e. The summed E-state index contributed by atoms with van der Waals surface area (Å²) in [6.45, 7) is 5.93. The molecule has 4 rings (SSSR count). The molecule has 0 fully saturated rings. The fourth-order valence-electron chi connectivity index (χ4n) is 3.94. The van der Waals surface area contributed by atoms with Gasteiger partial charge in [-0.3, -0.25) is 0 Å². The van der Waals surface area contributed by atoms with Crippen LogP contribution in [0.2, 0.25) is 0 Å². The van der Waals surface area contributed by atoms with Crippen molar-refractivity contribution in [3.05, 3.63) is 95.1 Å². The van der Waals surface area contributed by atoms with Gasteiger partial charge >= 0.3 is 6.09 Å². The van der Waals surface area contributed by atoms with E-state index in [0.29, 0.717) is 5.75 Å². The van der Waals surface area contributed by atoms with Crippen LogP contribution in [0.1, 0.15) is 29.2 Å². The van der Waals surface area contributed by atoms with Crippen molar-refractivity contribution in [3.8, 4) is 5.75 Å². The average molecular weight is 401 g/mol. The molecule has 1 heterocycles. The van der Waals surface area contributed by atoms with E-state index >= 15 is 0 Å². The topological polar surface area (TPSA) is 41.6 Å². The summed E-state index contributed by atoms with van der Waals surface area (Å²) in [5, 5.41) is 2.93. The zero-order valence-electron chi connectivity index (χ0n) is 17.6. The molecular weight excluding hydrogens is 372 g/mol. The number of benzene rings is 3. The van der Waals surface area contributed by atoms with E-state index in [1.165, 1.54) is 27.9 Å². The lowest BCUT2D eigenvalue weighted by atomic mass is 10.1. The number of anilines is 1. The molecule has 0 spiro atoms. The van der Waals surface area contributed by atoms with Crippen molar-refractivity contribution in [2.75, 3.05) is 11.4 Å². The summed E-state index contributed by atoms with van der Waals surface area (Å²) in [7, 11) is 0. The fourth-order valence-corrected chi connectivity index (χ4v) is 3.94. The normalized spacial score (nSPS) is 13.6. The van der Waals surface area contributed by atoms with E-state index in [1.807, 2.05) is 25.1 Å². The lowest BCUT2D eigenvalue weighted by Crippen LogP contribution is -2.36. The number of rotatable bonds is 6. The summed E-state index contributed by atoms with van der Waals surface area (Å²) < 4.78 is 5.55. The third-order valence-corrected chi connectivity index (χ3v) is 5.50. The number of amides is 1. The van der Waals surface area contributed by atoms with E-state index in [9.17, 15) is 4.79 Å². The summed E-state index contributed by atoms with van der Waals surface area (Å²) in [6.07, 6.45) is 1.33. The first kappa shape index (κ1) is 20.0. The number of nitrogens with zero attached hydrogens (tertiary/aromatic N) is 1. The van der Waals surface area contributed by atoms with Gasteiger partial charge in [0.05, 0.1) is 0 Å². The molecule has 0 aromatic heterocycles. The Labute approximate surface area is 178 Å². The van der Waals surface area contributed by atoms with Crippen LogP contribution in [0.5, 0.6) is 5.75 Å². The predicted octanol–water partition coefficient (Wildman–Crippen LogP) is 5.28. The molecule has 154 valence electrons. The van der Waals surface area contributed by atoms with Gasteiger partial charge in [0.25, 0.3) is 0 Å². The third kappa shape index (κ3) is 5.01. The lowest BCUT2D eigenvalue weighted by Gasteiger charge is -2.19. The number of ether oxygens (including phenoxy) is 1. The second-order valence-corrected chi connectivity index (χ2v) is 8.07. The molecule has 0 radical (unpaired) electrons. The zero-order valence-corrected chi connectivity index (χ0v) is 17.6. The standard InChI is InChI=1S/C26H28N2O2/c1-19-8-10-21(11-9-19)16-20(2)27-26(29)30-24-12-13-25-23(17-24)14-15-28(25)18-22-6-4-3-5-7-22/h3-13,17,20H,14-16,18H2,1-2H3,(H,27,29). The summed E-state index contributed by atoms with van der Waals surface area (Å²) in [6, 6.07) is 24.8. The highest BCUT2D eigenvalue weighted by Crippen LogP contribution is 2.32. The highest BCUT2D eigenvalue weighted by Gasteiger charge is 2.20. The Kier molecular flexibility index (Phi) is 6.03. The van der Waals surface area contributed by atoms with E-state index in [4.69, 9.17) is 4.74 Å². The molecule has 1 N–H and O–H groups in total. The first-order valence-corrected chi connectivity index (χ1v) is 10.5. The molecule has 3 aromatic carbocycles. The first-order chi connectivity index (χ1) is 14.6. The van der Waals surface area contributed by atoms with Gasteiger partial charge in [0, 0.05) is 24.8 Å². The molecule has 4 nitrogen and oxygen atoms in total. The lowest BCUT2D eigenvalue weighted by molar-refractivity contribution is 0.197. The average Bonchev–Trinajstić information content (AvgIpc) is 3.12. The van der Waals surface area contributed by atoms with Crippen molar-refractivity contribution in [1.29, 1.82) is 0 Å². The van der Waals surface area contributed by atoms with Crippen molar-refractivity contribution >= 4 is 11.8 Å². The smallest absolute Gasteiger partial charge is 0.410 e. The number of nitrogens with one attached hydrogen (secondary N) is 1. The van der Waals surface area contributed by atoms with Crippen LogP contribution >= 0.6 is 0 Å². The quantitative estimate of drug-likeness (QED) is 0.612. The molecule has 3 aromatic rings. The minimum atomic E-state index is -0.409. The monoisotopic (exact) mass is 400 g/mol. The van der Waals surface area contributed by atoms with Crippen molar-refractivity contribution in [2.45, 2.75) is 39.3 Å². The molecule has 1 aliphatic heterocycles. The van der Waals surface area contributed by atoms with Crippen LogP contribution < -0.4 is 15.0 Å². The third-order valence-electron chi connectivity index (χ3n) is 5.50. The molecule has 1 aliphatic rings. The summed E-state index contributed by atoms with van der Waals surface area (Å²) in [5.74, 6) is 0.593. The second-order valence-electron chi connectivity index (χ2n) is 8.07. The van der Waals surface area contributed by atoms with Crippen LogP contribution in [0.15, 0.2) is 72.8 Å². The van der Waals surface area contributed by atoms with Crippen LogP contribution in [0, 0.1) is 6.92 Å². The van der Waals surface area contributed by atoms with Gasteiger partial charge in [0.1, 0.15) is 5.75 Å². The van der Waals surface area contributed by atoms with Crippen LogP contribution in [0.4, 0.5) is 10.5 Å². The van der Waals surface area contributed by atoms with Gasteiger partial charge in [-0.25, -0.2) is 4.79 Å². The molecule has 4 heteroatoms. The van der Waals surface area contributed by atoms with E-state index in [1.54, 1.807) is 0 Å². The van der Waals surface area contributed by atoms with Crippen molar-refractivity contribution in [2.24, 2.45) is 0 Å². The SMILES string of the molecule is Cc1ccc(CC(C)NC(=O)Oc2ccc3c(c2)CCN3Cc2ccccc2)cc1. The minimum absolute atomic E-state index is 0.00371. The van der Waals surface area contributed by atoms with E-state index in [0.717, 1.165) is 25.9 Å². The summed E-state index contributed by atoms with van der Waals surface area (Å²) >= 11 is 0. The van der Waals surface area contributed by atoms with E-state index < -0.39 is 6.09 Å². The van der Waals surface area contributed by atoms with Crippen LogP contribution in [-0.2, 0) is 19.4 Å². The number of hydrogen-bond acceptors (Lipinski definition) is 3. The Morgan fingerprint density at radius 2 is 1.80 bits per heavy atom. The van der Waals surface area contributed by atoms with Gasteiger partial charge in [0.15, 0.2) is 0 Å². The zero-order chi connectivity index (χ0) is 20.9. The van der Waals surface area contributed by atoms with Crippen LogP contribution in [0.25, 0.3) is 0 Å². The van der Waals surface area contributed by atoms with Crippen LogP contribution in [0.3, 0.4) is 0 Å². The number of carbonyl (C=O) groups excluding carboxylic acids is 1. The van der Waals surface area contributed by atoms with Crippen LogP contribution in [-0.4, -0.2) is 18.7 Å². The molecule has 1 unspecified atom stereocenters. The highest BCUT2D eigenvalue weighted by molar-refractivity contribution is 5.71. The second kappa shape index (κ2) is 9.04. The Hall–Kier alpha value is -3.27. The van der Waals surface area contributed by atoms with Crippen molar-refractivity contribution in [1.82, 2.24) is 5.32 Å². The molecule has 0 bridgehead atoms. The van der Waals surface area contributed by atoms with Gasteiger partial charge in [-0.1, -0.05) is 60.2 Å². The first-order valence-electron chi connectivity index (χ1n) is 10.5. The Morgan fingerprint density at radius 1 is 1.03 bits per heavy atom. The van der Waals surface area contributed by atoms with Gasteiger partial charge < -0.3 is 15.0 Å². The summed E-state index contributed by atoms with van der Waals surface area (Å²) in [4.78, 5) is 14.7. The number of carbonyl (C=O) groups is 1. The molecule has 30 heavy (non-hydrogen) atoms. The maximum absolute atomic E-state index is 12.3. The molecule has 1 atom stereocenters. The Morgan fingerprint density at radius 3 is 2.57 bits per heavy atom. The molecule has 0 saturated heterocycles. The number of fused-ring (bicyclic) bond motifs is 1. The molecule has 0 aliphatic carbocycles. The van der Waals surface area contributed by atoms with Crippen molar-refractivity contribution in [3.63, 3.8) is 0 Å². The number of aryl methyl sites for hydroxylation is 1. The van der Waals surface area contributed by atoms with Crippen molar-refractivity contribution < 1.29 is 9.53 Å². The molecular formula is C26H28N2O2. The van der Waals surface area contributed by atoms with Gasteiger partial charge in [0.2, 0.25) is 0 Å². The summed E-state index contributed by atoms with van der Waals surface area (Å²) in [5.41, 5.74) is 6.18. The minimum Gasteiger partial charge on any atom is -0.410 e. The maximum Gasteiger partial charge on any atom is 0.412 e. The Balaban J connectivity index is 1.33. The van der Waals surface area contributed by atoms with Gasteiger partial charge in [-0.05, 0) is 61.6 Å². The molecule has 0 saturated carbocycles. The Bertz CT molecular complexity index is 999. The van der Waals surface area contributed by atoms with Gasteiger partial charge in [-0.2, -0.15) is 0 Å². The van der Waals surface area contributed by atoms with E-state index in [-0.39, 0.29) is 6.04 Å². The number of hydrogen-bond donors (Lipinski definition) is 1.